The fourth-order valence-electron chi connectivity index (χ4n) is 2.31. The monoisotopic (exact) mass is 310 g/mol. The van der Waals surface area contributed by atoms with Crippen LogP contribution in [0.4, 0.5) is 5.69 Å². The number of aromatic nitrogens is 2. The molecule has 1 aliphatic rings. The van der Waals surface area contributed by atoms with Gasteiger partial charge in [0.15, 0.2) is 0 Å². The molecule has 1 atom stereocenters. The lowest BCUT2D eigenvalue weighted by Gasteiger charge is -2.09. The third-order valence-corrected chi connectivity index (χ3v) is 3.51. The molecule has 0 fully saturated rings. The number of hydrogen-bond donors (Lipinski definition) is 1. The highest BCUT2D eigenvalue weighted by atomic mass is 16.6. The van der Waals surface area contributed by atoms with Crippen molar-refractivity contribution in [3.05, 3.63) is 54.1 Å². The predicted molar refractivity (Wildman–Crippen MR) is 87.1 cm³/mol. The smallest absolute Gasteiger partial charge is 0.268 e. The number of hydrogen-bond acceptors (Lipinski definition) is 5. The minimum absolute atomic E-state index is 0.244. The highest BCUT2D eigenvalue weighted by molar-refractivity contribution is 6.06. The lowest BCUT2D eigenvalue weighted by atomic mass is 10.0. The molecule has 2 aromatic rings. The van der Waals surface area contributed by atoms with Crippen LogP contribution < -0.4 is 5.32 Å². The molecule has 1 amide bonds. The van der Waals surface area contributed by atoms with Crippen molar-refractivity contribution in [3.63, 3.8) is 0 Å². The van der Waals surface area contributed by atoms with Gasteiger partial charge in [-0.05, 0) is 12.0 Å². The SMILES string of the molecule is CCCc1ncc(NC(=O)[C@H]2CC(c3ccccc3)=NO2)cn1. The second kappa shape index (κ2) is 7.00. The number of amides is 1. The zero-order chi connectivity index (χ0) is 16.1. The molecule has 6 heteroatoms. The van der Waals surface area contributed by atoms with Crippen molar-refractivity contribution >= 4 is 17.3 Å². The van der Waals surface area contributed by atoms with Gasteiger partial charge in [-0.25, -0.2) is 9.97 Å². The number of carbonyl (C=O) groups is 1. The maximum absolute atomic E-state index is 12.2. The largest absolute Gasteiger partial charge is 0.382 e. The molecular weight excluding hydrogens is 292 g/mol. The van der Waals surface area contributed by atoms with E-state index in [4.69, 9.17) is 4.84 Å². The van der Waals surface area contributed by atoms with Crippen molar-refractivity contribution in [1.82, 2.24) is 9.97 Å². The number of rotatable bonds is 5. The summed E-state index contributed by atoms with van der Waals surface area (Å²) in [5, 5.41) is 6.78. The highest BCUT2D eigenvalue weighted by Gasteiger charge is 2.28. The Bertz CT molecular complexity index is 698. The van der Waals surface area contributed by atoms with Crippen LogP contribution in [0.3, 0.4) is 0 Å². The van der Waals surface area contributed by atoms with Crippen molar-refractivity contribution < 1.29 is 9.63 Å². The Labute approximate surface area is 134 Å². The Morgan fingerprint density at radius 1 is 1.26 bits per heavy atom. The fourth-order valence-corrected chi connectivity index (χ4v) is 2.31. The molecule has 1 N–H and O–H groups in total. The van der Waals surface area contributed by atoms with Crippen molar-refractivity contribution in [3.8, 4) is 0 Å². The van der Waals surface area contributed by atoms with Gasteiger partial charge in [0.1, 0.15) is 5.82 Å². The molecule has 0 spiro atoms. The summed E-state index contributed by atoms with van der Waals surface area (Å²) in [6.45, 7) is 2.07. The molecular formula is C17H18N4O2. The van der Waals surface area contributed by atoms with Crippen LogP contribution in [0.2, 0.25) is 0 Å². The maximum atomic E-state index is 12.2. The van der Waals surface area contributed by atoms with Gasteiger partial charge in [0.05, 0.1) is 23.8 Å². The van der Waals surface area contributed by atoms with Gasteiger partial charge < -0.3 is 10.2 Å². The number of carbonyl (C=O) groups excluding carboxylic acids is 1. The minimum atomic E-state index is -0.625. The second-order valence-electron chi connectivity index (χ2n) is 5.33. The van der Waals surface area contributed by atoms with Gasteiger partial charge in [0, 0.05) is 12.8 Å². The van der Waals surface area contributed by atoms with Gasteiger partial charge in [-0.2, -0.15) is 0 Å². The minimum Gasteiger partial charge on any atom is -0.382 e. The Morgan fingerprint density at radius 2 is 2.00 bits per heavy atom. The fraction of sp³-hybridized carbons (Fsp3) is 0.294. The summed E-state index contributed by atoms with van der Waals surface area (Å²) in [4.78, 5) is 25.9. The standard InChI is InChI=1S/C17H18N4O2/c1-2-6-16-18-10-13(11-19-16)20-17(22)15-9-14(21-23-15)12-7-4-3-5-8-12/h3-5,7-8,10-11,15H,2,6,9H2,1H3,(H,20,22)/t15-/m1/s1. The van der Waals surface area contributed by atoms with Crippen molar-refractivity contribution in [2.45, 2.75) is 32.3 Å². The second-order valence-corrected chi connectivity index (χ2v) is 5.33. The van der Waals surface area contributed by atoms with Gasteiger partial charge in [0.25, 0.3) is 5.91 Å². The zero-order valence-electron chi connectivity index (χ0n) is 12.9. The van der Waals surface area contributed by atoms with E-state index in [0.717, 1.165) is 29.9 Å². The molecule has 1 aliphatic heterocycles. The molecule has 2 heterocycles. The van der Waals surface area contributed by atoms with E-state index >= 15 is 0 Å². The first kappa shape index (κ1) is 15.1. The van der Waals surface area contributed by atoms with E-state index in [1.165, 1.54) is 0 Å². The average molecular weight is 310 g/mol. The molecule has 6 nitrogen and oxygen atoms in total. The summed E-state index contributed by atoms with van der Waals surface area (Å²) in [6.07, 6.45) is 4.87. The van der Waals surface area contributed by atoms with Crippen molar-refractivity contribution in [2.24, 2.45) is 5.16 Å². The van der Waals surface area contributed by atoms with Crippen LogP contribution in [-0.4, -0.2) is 27.7 Å². The topological polar surface area (TPSA) is 76.5 Å². The molecule has 0 unspecified atom stereocenters. The molecule has 1 aromatic heterocycles. The molecule has 118 valence electrons. The Hall–Kier alpha value is -2.76. The molecule has 0 radical (unpaired) electrons. The van der Waals surface area contributed by atoms with Gasteiger partial charge in [-0.1, -0.05) is 42.4 Å². The lowest BCUT2D eigenvalue weighted by molar-refractivity contribution is -0.125. The molecule has 0 bridgehead atoms. The van der Waals surface area contributed by atoms with Crippen molar-refractivity contribution in [1.29, 1.82) is 0 Å². The number of nitrogens with one attached hydrogen (secondary N) is 1. The van der Waals surface area contributed by atoms with E-state index in [-0.39, 0.29) is 5.91 Å². The number of oxime groups is 1. The third-order valence-electron chi connectivity index (χ3n) is 3.51. The van der Waals surface area contributed by atoms with Crippen LogP contribution in [0.5, 0.6) is 0 Å². The van der Waals surface area contributed by atoms with E-state index in [1.54, 1.807) is 12.4 Å². The van der Waals surface area contributed by atoms with Crippen LogP contribution in [0, 0.1) is 0 Å². The van der Waals surface area contributed by atoms with Crippen LogP contribution >= 0.6 is 0 Å². The van der Waals surface area contributed by atoms with Crippen molar-refractivity contribution in [2.75, 3.05) is 5.32 Å². The summed E-state index contributed by atoms with van der Waals surface area (Å²) in [6, 6.07) is 9.69. The molecule has 0 saturated carbocycles. The number of benzene rings is 1. The van der Waals surface area contributed by atoms with E-state index in [2.05, 4.69) is 27.4 Å². The number of nitrogens with zero attached hydrogens (tertiary/aromatic N) is 3. The van der Waals surface area contributed by atoms with E-state index < -0.39 is 6.10 Å². The van der Waals surface area contributed by atoms with E-state index in [1.807, 2.05) is 30.3 Å². The summed E-state index contributed by atoms with van der Waals surface area (Å²) >= 11 is 0. The number of aryl methyl sites for hydroxylation is 1. The quantitative estimate of drug-likeness (QED) is 0.921. The summed E-state index contributed by atoms with van der Waals surface area (Å²) < 4.78 is 0. The van der Waals surface area contributed by atoms with Gasteiger partial charge in [-0.15, -0.1) is 0 Å². The molecule has 0 saturated heterocycles. The van der Waals surface area contributed by atoms with Crippen LogP contribution in [0.25, 0.3) is 0 Å². The third kappa shape index (κ3) is 3.71. The van der Waals surface area contributed by atoms with E-state index in [9.17, 15) is 4.79 Å². The maximum Gasteiger partial charge on any atom is 0.268 e. The van der Waals surface area contributed by atoms with Gasteiger partial charge in [-0.3, -0.25) is 4.79 Å². The highest BCUT2D eigenvalue weighted by Crippen LogP contribution is 2.18. The summed E-state index contributed by atoms with van der Waals surface area (Å²) in [5.41, 5.74) is 2.31. The molecule has 1 aromatic carbocycles. The normalized spacial score (nSPS) is 16.6. The lowest BCUT2D eigenvalue weighted by Crippen LogP contribution is -2.28. The van der Waals surface area contributed by atoms with Crippen LogP contribution in [0.15, 0.2) is 47.9 Å². The first-order valence-electron chi connectivity index (χ1n) is 7.66. The predicted octanol–water partition coefficient (Wildman–Crippen LogP) is 2.56. The van der Waals surface area contributed by atoms with Gasteiger partial charge >= 0.3 is 0 Å². The average Bonchev–Trinajstić information content (AvgIpc) is 3.08. The zero-order valence-corrected chi connectivity index (χ0v) is 12.9. The molecule has 23 heavy (non-hydrogen) atoms. The number of anilines is 1. The first-order chi connectivity index (χ1) is 11.3. The Morgan fingerprint density at radius 3 is 2.70 bits per heavy atom. The van der Waals surface area contributed by atoms with Crippen LogP contribution in [0.1, 0.15) is 31.2 Å². The van der Waals surface area contributed by atoms with Crippen LogP contribution in [-0.2, 0) is 16.1 Å². The van der Waals surface area contributed by atoms with E-state index in [0.29, 0.717) is 12.1 Å². The summed E-state index contributed by atoms with van der Waals surface area (Å²) in [5.74, 6) is 0.531. The molecule has 0 aliphatic carbocycles. The Kier molecular flexibility index (Phi) is 4.61. The van der Waals surface area contributed by atoms with Gasteiger partial charge in [0.2, 0.25) is 6.10 Å². The Balaban J connectivity index is 1.58. The molecule has 3 rings (SSSR count). The summed E-state index contributed by atoms with van der Waals surface area (Å²) in [7, 11) is 0. The first-order valence-corrected chi connectivity index (χ1v) is 7.66.